The monoisotopic (exact) mass is 242 g/mol. The first-order valence-electron chi connectivity index (χ1n) is 6.03. The molecule has 4 heteroatoms. The second-order valence-corrected chi connectivity index (χ2v) is 4.83. The van der Waals surface area contributed by atoms with Crippen LogP contribution < -0.4 is 0 Å². The maximum Gasteiger partial charge on any atom is 0.0656 e. The molecule has 0 aromatic heterocycles. The van der Waals surface area contributed by atoms with Crippen LogP contribution in [0, 0.1) is 80.8 Å². The molecule has 0 amide bonds. The van der Waals surface area contributed by atoms with E-state index in [1.165, 1.54) is 0 Å². The fourth-order valence-electron chi connectivity index (χ4n) is 2.54. The van der Waals surface area contributed by atoms with Crippen LogP contribution >= 0.6 is 0 Å². The number of rotatable bonds is 5. The molecule has 0 saturated heterocycles. The zero-order valence-electron chi connectivity index (χ0n) is 11.3. The second kappa shape index (κ2) is 7.32. The number of hydrogen-bond acceptors (Lipinski definition) is 4. The Kier molecular flexibility index (Phi) is 6.49. The van der Waals surface area contributed by atoms with Gasteiger partial charge in [0.05, 0.1) is 24.3 Å². The van der Waals surface area contributed by atoms with Crippen LogP contribution in [0.3, 0.4) is 0 Å². The van der Waals surface area contributed by atoms with Crippen LogP contribution in [0.5, 0.6) is 0 Å². The molecule has 18 heavy (non-hydrogen) atoms. The van der Waals surface area contributed by atoms with E-state index in [9.17, 15) is 0 Å². The quantitative estimate of drug-likeness (QED) is 0.740. The van der Waals surface area contributed by atoms with Crippen molar-refractivity contribution in [2.24, 2.45) is 35.5 Å². The first-order valence-corrected chi connectivity index (χ1v) is 6.03. The Labute approximate surface area is 109 Å². The smallest absolute Gasteiger partial charge is 0.0656 e. The zero-order chi connectivity index (χ0) is 14.3. The van der Waals surface area contributed by atoms with Crippen molar-refractivity contribution in [2.75, 3.05) is 0 Å². The molecule has 0 aliphatic carbocycles. The van der Waals surface area contributed by atoms with Gasteiger partial charge in [-0.25, -0.2) is 0 Å². The van der Waals surface area contributed by atoms with Crippen LogP contribution in [-0.4, -0.2) is 0 Å². The third kappa shape index (κ3) is 3.48. The fourth-order valence-corrected chi connectivity index (χ4v) is 2.54. The standard InChI is InChI=1S/C14H18N4/c1-9(5-15)13(10(2)6-16)14(11(3)7-17)12(4)8-18/h9-14H,1-4H3. The van der Waals surface area contributed by atoms with Crippen molar-refractivity contribution in [3.63, 3.8) is 0 Å². The summed E-state index contributed by atoms with van der Waals surface area (Å²) in [6.45, 7) is 7.00. The Hall–Kier alpha value is -2.04. The Morgan fingerprint density at radius 1 is 0.500 bits per heavy atom. The van der Waals surface area contributed by atoms with Gasteiger partial charge in [-0.15, -0.1) is 0 Å². The Morgan fingerprint density at radius 2 is 0.667 bits per heavy atom. The van der Waals surface area contributed by atoms with Gasteiger partial charge in [0.15, 0.2) is 0 Å². The summed E-state index contributed by atoms with van der Waals surface area (Å²) >= 11 is 0. The van der Waals surface area contributed by atoms with Crippen molar-refractivity contribution in [1.29, 1.82) is 21.0 Å². The van der Waals surface area contributed by atoms with Gasteiger partial charge in [0.25, 0.3) is 0 Å². The molecule has 0 spiro atoms. The van der Waals surface area contributed by atoms with E-state index in [1.54, 1.807) is 27.7 Å². The summed E-state index contributed by atoms with van der Waals surface area (Å²) in [7, 11) is 0. The van der Waals surface area contributed by atoms with E-state index >= 15 is 0 Å². The van der Waals surface area contributed by atoms with Gasteiger partial charge < -0.3 is 0 Å². The minimum Gasteiger partial charge on any atom is -0.198 e. The predicted octanol–water partition coefficient (Wildman–Crippen LogP) is 2.86. The molecule has 0 rings (SSSR count). The first-order chi connectivity index (χ1) is 8.44. The lowest BCUT2D eigenvalue weighted by atomic mass is 9.66. The van der Waals surface area contributed by atoms with E-state index < -0.39 is 0 Å². The lowest BCUT2D eigenvalue weighted by molar-refractivity contribution is 0.158. The average molecular weight is 242 g/mol. The molecule has 0 bridgehead atoms. The molecule has 0 heterocycles. The van der Waals surface area contributed by atoms with Crippen LogP contribution in [0.4, 0.5) is 0 Å². The second-order valence-electron chi connectivity index (χ2n) is 4.83. The van der Waals surface area contributed by atoms with Crippen molar-refractivity contribution < 1.29 is 0 Å². The molecule has 0 radical (unpaired) electrons. The van der Waals surface area contributed by atoms with Crippen LogP contribution in [0.25, 0.3) is 0 Å². The summed E-state index contributed by atoms with van der Waals surface area (Å²) in [5.41, 5.74) is 0. The number of nitrogens with zero attached hydrogens (tertiary/aromatic N) is 4. The number of hydrogen-bond donors (Lipinski definition) is 0. The van der Waals surface area contributed by atoms with Crippen molar-refractivity contribution in [3.05, 3.63) is 0 Å². The van der Waals surface area contributed by atoms with Crippen molar-refractivity contribution >= 4 is 0 Å². The lowest BCUT2D eigenvalue weighted by Crippen LogP contribution is -2.34. The minimum atomic E-state index is -0.351. The summed E-state index contributed by atoms with van der Waals surface area (Å²) in [4.78, 5) is 0. The summed E-state index contributed by atoms with van der Waals surface area (Å²) in [6.07, 6.45) is 0. The summed E-state index contributed by atoms with van der Waals surface area (Å²) in [5, 5.41) is 36.3. The molecule has 0 aromatic carbocycles. The Bertz CT molecular complexity index is 347. The molecule has 0 aliphatic rings. The number of nitriles is 4. The van der Waals surface area contributed by atoms with E-state index in [0.717, 1.165) is 0 Å². The van der Waals surface area contributed by atoms with Crippen molar-refractivity contribution in [3.8, 4) is 24.3 Å². The van der Waals surface area contributed by atoms with E-state index in [2.05, 4.69) is 24.3 Å². The largest absolute Gasteiger partial charge is 0.198 e. The SMILES string of the molecule is CC(C#N)C(C(C)C#N)C(C(C)C#N)C(C)C#N. The molecular formula is C14H18N4. The molecule has 0 aromatic rings. The average Bonchev–Trinajstić information content (AvgIpc) is 2.41. The molecule has 4 unspecified atom stereocenters. The molecule has 0 aliphatic heterocycles. The van der Waals surface area contributed by atoms with Gasteiger partial charge in [-0.2, -0.15) is 21.0 Å². The van der Waals surface area contributed by atoms with Gasteiger partial charge in [0, 0.05) is 23.7 Å². The van der Waals surface area contributed by atoms with Crippen LogP contribution in [0.15, 0.2) is 0 Å². The lowest BCUT2D eigenvalue weighted by Gasteiger charge is -2.34. The maximum atomic E-state index is 9.08. The molecule has 0 saturated carbocycles. The minimum absolute atomic E-state index is 0.260. The molecule has 0 N–H and O–H groups in total. The topological polar surface area (TPSA) is 95.2 Å². The first kappa shape index (κ1) is 16.0. The van der Waals surface area contributed by atoms with Gasteiger partial charge in [-0.05, 0) is 39.5 Å². The molecule has 4 atom stereocenters. The Morgan fingerprint density at radius 3 is 0.778 bits per heavy atom. The normalized spacial score (nSPS) is 19.8. The van der Waals surface area contributed by atoms with Crippen LogP contribution in [-0.2, 0) is 0 Å². The highest BCUT2D eigenvalue weighted by molar-refractivity contribution is 5.04. The maximum absolute atomic E-state index is 9.08. The van der Waals surface area contributed by atoms with Crippen LogP contribution in [0.2, 0.25) is 0 Å². The molecule has 4 nitrogen and oxygen atoms in total. The highest BCUT2D eigenvalue weighted by atomic mass is 14.4. The Balaban J connectivity index is 5.53. The van der Waals surface area contributed by atoms with E-state index in [4.69, 9.17) is 21.0 Å². The van der Waals surface area contributed by atoms with E-state index in [-0.39, 0.29) is 35.5 Å². The molecule has 94 valence electrons. The van der Waals surface area contributed by atoms with Gasteiger partial charge >= 0.3 is 0 Å². The summed E-state index contributed by atoms with van der Waals surface area (Å²) < 4.78 is 0. The fraction of sp³-hybridized carbons (Fsp3) is 0.714. The van der Waals surface area contributed by atoms with E-state index in [0.29, 0.717) is 0 Å². The van der Waals surface area contributed by atoms with E-state index in [1.807, 2.05) is 0 Å². The van der Waals surface area contributed by atoms with Gasteiger partial charge in [-0.3, -0.25) is 0 Å². The third-order valence-corrected chi connectivity index (χ3v) is 3.57. The molecular weight excluding hydrogens is 224 g/mol. The van der Waals surface area contributed by atoms with Crippen LogP contribution in [0.1, 0.15) is 27.7 Å². The summed E-state index contributed by atoms with van der Waals surface area (Å²) in [5.74, 6) is -1.92. The molecule has 0 fully saturated rings. The van der Waals surface area contributed by atoms with Gasteiger partial charge in [-0.1, -0.05) is 0 Å². The van der Waals surface area contributed by atoms with Crippen molar-refractivity contribution in [2.45, 2.75) is 27.7 Å². The van der Waals surface area contributed by atoms with Gasteiger partial charge in [0.1, 0.15) is 0 Å². The summed E-state index contributed by atoms with van der Waals surface area (Å²) in [6, 6.07) is 8.59. The predicted molar refractivity (Wildman–Crippen MR) is 66.1 cm³/mol. The van der Waals surface area contributed by atoms with Gasteiger partial charge in [0.2, 0.25) is 0 Å². The zero-order valence-corrected chi connectivity index (χ0v) is 11.3. The highest BCUT2D eigenvalue weighted by Crippen LogP contribution is 2.37. The highest BCUT2D eigenvalue weighted by Gasteiger charge is 2.38. The third-order valence-electron chi connectivity index (χ3n) is 3.57. The van der Waals surface area contributed by atoms with Crippen molar-refractivity contribution in [1.82, 2.24) is 0 Å².